The summed E-state index contributed by atoms with van der Waals surface area (Å²) in [5, 5.41) is 7.41. The second-order valence-electron chi connectivity index (χ2n) is 3.96. The van der Waals surface area contributed by atoms with Gasteiger partial charge in [0.1, 0.15) is 5.71 Å². The molecular formula is C12H15ClN3O+. The Bertz CT molecular complexity index is 460. The first-order valence-corrected chi connectivity index (χ1v) is 5.96. The molecule has 4 nitrogen and oxygen atoms in total. The first-order valence-electron chi connectivity index (χ1n) is 5.58. The van der Waals surface area contributed by atoms with Crippen LogP contribution in [0.25, 0.3) is 0 Å². The number of carbonyl (C=O) groups excluding carboxylic acids is 1. The highest BCUT2D eigenvalue weighted by Gasteiger charge is 2.51. The van der Waals surface area contributed by atoms with Crippen LogP contribution < -0.4 is 10.3 Å². The van der Waals surface area contributed by atoms with Crippen molar-refractivity contribution in [2.75, 3.05) is 11.6 Å². The van der Waals surface area contributed by atoms with Gasteiger partial charge >= 0.3 is 5.91 Å². The molecule has 1 aliphatic heterocycles. The highest BCUT2D eigenvalue weighted by Crippen LogP contribution is 2.26. The largest absolute Gasteiger partial charge is 0.331 e. The van der Waals surface area contributed by atoms with Gasteiger partial charge in [-0.15, -0.1) is 0 Å². The molecule has 17 heavy (non-hydrogen) atoms. The van der Waals surface area contributed by atoms with Crippen molar-refractivity contribution in [3.05, 3.63) is 30.3 Å². The van der Waals surface area contributed by atoms with Gasteiger partial charge in [0.15, 0.2) is 0 Å². The molecule has 5 heteroatoms. The smallest absolute Gasteiger partial charge is 0.316 e. The van der Waals surface area contributed by atoms with E-state index in [0.29, 0.717) is 5.71 Å². The van der Waals surface area contributed by atoms with Crippen molar-refractivity contribution < 1.29 is 10.1 Å². The predicted molar refractivity (Wildman–Crippen MR) is 68.1 cm³/mol. The van der Waals surface area contributed by atoms with Crippen molar-refractivity contribution in [3.63, 3.8) is 0 Å². The summed E-state index contributed by atoms with van der Waals surface area (Å²) in [5.74, 6) is -0.204. The Hall–Kier alpha value is -1.39. The number of hydrogen-bond donors (Lipinski definition) is 1. The predicted octanol–water partition coefficient (Wildman–Crippen LogP) is 0.927. The SMILES string of the molecule is CC[NH2+][C@]1(Cl)C(=O)N(c2ccccc2)N=C1C. The Morgan fingerprint density at radius 3 is 2.65 bits per heavy atom. The number of carbonyl (C=O) groups is 1. The number of quaternary nitrogens is 1. The zero-order chi connectivity index (χ0) is 12.5. The van der Waals surface area contributed by atoms with Crippen LogP contribution in [0.5, 0.6) is 0 Å². The number of hydrogen-bond acceptors (Lipinski definition) is 2. The summed E-state index contributed by atoms with van der Waals surface area (Å²) in [6.07, 6.45) is 0. The van der Waals surface area contributed by atoms with E-state index in [2.05, 4.69) is 5.10 Å². The van der Waals surface area contributed by atoms with Crippen molar-refractivity contribution in [3.8, 4) is 0 Å². The zero-order valence-electron chi connectivity index (χ0n) is 9.85. The van der Waals surface area contributed by atoms with Gasteiger partial charge in [-0.05, 0) is 37.6 Å². The summed E-state index contributed by atoms with van der Waals surface area (Å²) in [6.45, 7) is 4.46. The number of nitrogens with zero attached hydrogens (tertiary/aromatic N) is 2. The van der Waals surface area contributed by atoms with Crippen LogP contribution in [0.4, 0.5) is 5.69 Å². The molecule has 0 bridgehead atoms. The number of anilines is 1. The summed E-state index contributed by atoms with van der Waals surface area (Å²) in [4.78, 5) is 11.2. The van der Waals surface area contributed by atoms with Crippen LogP contribution in [-0.4, -0.2) is 23.2 Å². The fourth-order valence-corrected chi connectivity index (χ4v) is 2.11. The van der Waals surface area contributed by atoms with E-state index in [1.54, 1.807) is 12.2 Å². The van der Waals surface area contributed by atoms with Crippen LogP contribution in [0.1, 0.15) is 13.8 Å². The Labute approximate surface area is 105 Å². The third-order valence-corrected chi connectivity index (χ3v) is 3.36. The lowest BCUT2D eigenvalue weighted by Crippen LogP contribution is -2.98. The summed E-state index contributed by atoms with van der Waals surface area (Å²) in [5.41, 5.74) is 1.36. The molecule has 0 aromatic heterocycles. The molecule has 90 valence electrons. The number of rotatable bonds is 3. The summed E-state index contributed by atoms with van der Waals surface area (Å²) in [7, 11) is 0. The van der Waals surface area contributed by atoms with E-state index in [9.17, 15) is 4.79 Å². The van der Waals surface area contributed by atoms with Gasteiger partial charge in [0, 0.05) is 0 Å². The summed E-state index contributed by atoms with van der Waals surface area (Å²) >= 11 is 6.34. The minimum Gasteiger partial charge on any atom is -0.316 e. The van der Waals surface area contributed by atoms with Crippen LogP contribution >= 0.6 is 11.6 Å². The molecule has 1 heterocycles. The minimum absolute atomic E-state index is 0.204. The van der Waals surface area contributed by atoms with Gasteiger partial charge < -0.3 is 5.32 Å². The molecule has 2 rings (SSSR count). The Morgan fingerprint density at radius 1 is 1.41 bits per heavy atom. The topological polar surface area (TPSA) is 49.3 Å². The highest BCUT2D eigenvalue weighted by molar-refractivity contribution is 6.48. The van der Waals surface area contributed by atoms with E-state index in [-0.39, 0.29) is 5.91 Å². The molecule has 1 aromatic carbocycles. The average molecular weight is 253 g/mol. The number of amides is 1. The van der Waals surface area contributed by atoms with E-state index < -0.39 is 5.00 Å². The Morgan fingerprint density at radius 2 is 2.06 bits per heavy atom. The van der Waals surface area contributed by atoms with Crippen LogP contribution in [0.2, 0.25) is 0 Å². The molecule has 0 saturated carbocycles. The number of hydrazone groups is 1. The van der Waals surface area contributed by atoms with Crippen molar-refractivity contribution in [1.82, 2.24) is 0 Å². The fourth-order valence-electron chi connectivity index (χ4n) is 1.84. The van der Waals surface area contributed by atoms with Gasteiger partial charge in [-0.2, -0.15) is 10.1 Å². The molecule has 0 spiro atoms. The minimum atomic E-state index is -1.08. The maximum Gasteiger partial charge on any atom is 0.331 e. The highest BCUT2D eigenvalue weighted by atomic mass is 35.5. The molecule has 2 N–H and O–H groups in total. The second kappa shape index (κ2) is 4.47. The number of nitrogens with two attached hydrogens (primary N) is 1. The number of para-hydroxylation sites is 1. The number of benzene rings is 1. The molecule has 0 radical (unpaired) electrons. The summed E-state index contributed by atoms with van der Waals surface area (Å²) in [6, 6.07) is 9.30. The molecule has 0 fully saturated rings. The Balaban J connectivity index is 2.34. The van der Waals surface area contributed by atoms with Gasteiger partial charge in [0.05, 0.1) is 12.2 Å². The van der Waals surface area contributed by atoms with Crippen molar-refractivity contribution in [2.24, 2.45) is 5.10 Å². The number of halogens is 1. The van der Waals surface area contributed by atoms with Crippen molar-refractivity contribution >= 4 is 28.9 Å². The second-order valence-corrected chi connectivity index (χ2v) is 4.56. The first-order chi connectivity index (χ1) is 8.09. The van der Waals surface area contributed by atoms with Gasteiger partial charge in [-0.25, -0.2) is 0 Å². The maximum absolute atomic E-state index is 12.3. The molecule has 1 atom stereocenters. The van der Waals surface area contributed by atoms with E-state index in [1.807, 2.05) is 37.3 Å². The first kappa shape index (κ1) is 12.1. The monoisotopic (exact) mass is 252 g/mol. The molecule has 0 saturated heterocycles. The lowest BCUT2D eigenvalue weighted by Gasteiger charge is -2.18. The van der Waals surface area contributed by atoms with Gasteiger partial charge in [-0.1, -0.05) is 18.2 Å². The van der Waals surface area contributed by atoms with Crippen LogP contribution in [0, 0.1) is 0 Å². The standard InChI is InChI=1S/C12H14ClN3O/c1-3-14-12(13)9(2)15-16(11(12)17)10-7-5-4-6-8-10/h4-8,14H,3H2,1-2H3/p+1/t12-/m0/s1. The van der Waals surface area contributed by atoms with E-state index in [0.717, 1.165) is 12.2 Å². The normalized spacial score (nSPS) is 24.1. The van der Waals surface area contributed by atoms with Crippen LogP contribution in [-0.2, 0) is 4.79 Å². The molecule has 1 aromatic rings. The third-order valence-electron chi connectivity index (χ3n) is 2.77. The zero-order valence-corrected chi connectivity index (χ0v) is 10.6. The number of likely N-dealkylation sites (N-methyl/N-ethyl adjacent to an activating group) is 1. The van der Waals surface area contributed by atoms with E-state index in [4.69, 9.17) is 11.6 Å². The lowest BCUT2D eigenvalue weighted by atomic mass is 10.2. The van der Waals surface area contributed by atoms with Gasteiger partial charge in [-0.3, -0.25) is 4.79 Å². The molecular weight excluding hydrogens is 238 g/mol. The van der Waals surface area contributed by atoms with Crippen LogP contribution in [0.3, 0.4) is 0 Å². The van der Waals surface area contributed by atoms with Crippen LogP contribution in [0.15, 0.2) is 35.4 Å². The molecule has 0 aliphatic carbocycles. The lowest BCUT2D eigenvalue weighted by molar-refractivity contribution is -0.672. The molecule has 1 aliphatic rings. The molecule has 0 unspecified atom stereocenters. The summed E-state index contributed by atoms with van der Waals surface area (Å²) < 4.78 is 0. The number of alkyl halides is 1. The quantitative estimate of drug-likeness (QED) is 0.631. The maximum atomic E-state index is 12.3. The fraction of sp³-hybridized carbons (Fsp3) is 0.333. The van der Waals surface area contributed by atoms with Crippen molar-refractivity contribution in [2.45, 2.75) is 18.8 Å². The van der Waals surface area contributed by atoms with E-state index in [1.165, 1.54) is 5.01 Å². The van der Waals surface area contributed by atoms with Gasteiger partial charge in [0.25, 0.3) is 5.00 Å². The van der Waals surface area contributed by atoms with Gasteiger partial charge in [0.2, 0.25) is 0 Å². The van der Waals surface area contributed by atoms with Crippen molar-refractivity contribution in [1.29, 1.82) is 0 Å². The average Bonchev–Trinajstić information content (AvgIpc) is 2.56. The third kappa shape index (κ3) is 1.94. The van der Waals surface area contributed by atoms with E-state index >= 15 is 0 Å². The molecule has 1 amide bonds. The Kier molecular flexibility index (Phi) is 3.17.